The van der Waals surface area contributed by atoms with Crippen molar-refractivity contribution in [3.05, 3.63) is 29.8 Å². The number of aryl methyl sites for hydroxylation is 1. The molecule has 1 heterocycles. The standard InChI is InChI=1S/C16H22F2N2O2.ClH/c17-16(18)22-14-4-1-12(2-5-14)3-6-15(21)20-10-8-13-7-9-19-11-13;/h1-2,4-5,13,16,19H,3,6-11H2,(H,20,21);1H. The van der Waals surface area contributed by atoms with Gasteiger partial charge in [-0.05, 0) is 56.0 Å². The Kier molecular flexibility index (Phi) is 8.87. The molecule has 1 aliphatic heterocycles. The maximum atomic E-state index is 12.0. The van der Waals surface area contributed by atoms with Gasteiger partial charge in [-0.1, -0.05) is 12.1 Å². The van der Waals surface area contributed by atoms with Gasteiger partial charge in [0.25, 0.3) is 0 Å². The summed E-state index contributed by atoms with van der Waals surface area (Å²) >= 11 is 0. The van der Waals surface area contributed by atoms with E-state index in [9.17, 15) is 13.6 Å². The van der Waals surface area contributed by atoms with E-state index in [1.807, 2.05) is 0 Å². The van der Waals surface area contributed by atoms with Crippen LogP contribution in [0.2, 0.25) is 0 Å². The van der Waals surface area contributed by atoms with Crippen LogP contribution >= 0.6 is 12.4 Å². The Morgan fingerprint density at radius 3 is 2.70 bits per heavy atom. The first-order chi connectivity index (χ1) is 10.6. The van der Waals surface area contributed by atoms with Crippen LogP contribution in [0.25, 0.3) is 0 Å². The van der Waals surface area contributed by atoms with Crippen molar-refractivity contribution >= 4 is 18.3 Å². The molecule has 7 heteroatoms. The molecule has 0 bridgehead atoms. The van der Waals surface area contributed by atoms with Crippen LogP contribution in [0.15, 0.2) is 24.3 Å². The van der Waals surface area contributed by atoms with Crippen LogP contribution < -0.4 is 15.4 Å². The normalized spacial score (nSPS) is 16.9. The van der Waals surface area contributed by atoms with Gasteiger partial charge in [0, 0.05) is 13.0 Å². The molecule has 130 valence electrons. The van der Waals surface area contributed by atoms with Crippen LogP contribution in [-0.4, -0.2) is 32.2 Å². The summed E-state index contributed by atoms with van der Waals surface area (Å²) in [5, 5.41) is 6.23. The van der Waals surface area contributed by atoms with Crippen LogP contribution in [0, 0.1) is 5.92 Å². The van der Waals surface area contributed by atoms with E-state index >= 15 is 0 Å². The minimum absolute atomic E-state index is 0. The molecule has 2 N–H and O–H groups in total. The third-order valence-corrected chi connectivity index (χ3v) is 3.83. The van der Waals surface area contributed by atoms with Gasteiger partial charge in [-0.3, -0.25) is 4.79 Å². The predicted molar refractivity (Wildman–Crippen MR) is 87.2 cm³/mol. The molecule has 1 unspecified atom stereocenters. The zero-order valence-corrected chi connectivity index (χ0v) is 13.7. The zero-order valence-electron chi connectivity index (χ0n) is 12.9. The highest BCUT2D eigenvalue weighted by Gasteiger charge is 2.14. The maximum absolute atomic E-state index is 12.0. The zero-order chi connectivity index (χ0) is 15.8. The smallest absolute Gasteiger partial charge is 0.387 e. The van der Waals surface area contributed by atoms with E-state index in [2.05, 4.69) is 15.4 Å². The summed E-state index contributed by atoms with van der Waals surface area (Å²) in [7, 11) is 0. The summed E-state index contributed by atoms with van der Waals surface area (Å²) in [5.41, 5.74) is 0.928. The van der Waals surface area contributed by atoms with Gasteiger partial charge in [-0.15, -0.1) is 12.4 Å². The van der Waals surface area contributed by atoms with E-state index in [1.165, 1.54) is 18.6 Å². The first-order valence-electron chi connectivity index (χ1n) is 7.64. The number of nitrogens with one attached hydrogen (secondary N) is 2. The number of alkyl halides is 2. The Bertz CT molecular complexity index is 466. The summed E-state index contributed by atoms with van der Waals surface area (Å²) in [5.74, 6) is 0.829. The molecule has 1 aromatic carbocycles. The van der Waals surface area contributed by atoms with Gasteiger partial charge >= 0.3 is 6.61 Å². The molecule has 4 nitrogen and oxygen atoms in total. The number of halogens is 3. The lowest BCUT2D eigenvalue weighted by atomic mass is 10.1. The highest BCUT2D eigenvalue weighted by atomic mass is 35.5. The molecule has 1 saturated heterocycles. The molecule has 1 aromatic rings. The first-order valence-corrected chi connectivity index (χ1v) is 7.64. The Morgan fingerprint density at radius 2 is 2.09 bits per heavy atom. The molecule has 2 rings (SSSR count). The van der Waals surface area contributed by atoms with Gasteiger partial charge in [0.2, 0.25) is 5.91 Å². The molecule has 0 aliphatic carbocycles. The molecular weight excluding hydrogens is 326 g/mol. The fourth-order valence-corrected chi connectivity index (χ4v) is 2.56. The number of rotatable bonds is 8. The highest BCUT2D eigenvalue weighted by Crippen LogP contribution is 2.16. The molecule has 1 fully saturated rings. The molecule has 0 saturated carbocycles. The van der Waals surface area contributed by atoms with E-state index in [1.54, 1.807) is 12.1 Å². The highest BCUT2D eigenvalue weighted by molar-refractivity contribution is 5.85. The quantitative estimate of drug-likeness (QED) is 0.759. The van der Waals surface area contributed by atoms with E-state index in [-0.39, 0.29) is 24.1 Å². The third kappa shape index (κ3) is 7.61. The van der Waals surface area contributed by atoms with E-state index in [0.29, 0.717) is 25.3 Å². The van der Waals surface area contributed by atoms with Gasteiger partial charge < -0.3 is 15.4 Å². The topological polar surface area (TPSA) is 50.4 Å². The molecule has 0 spiro atoms. The molecular formula is C16H23ClF2N2O2. The van der Waals surface area contributed by atoms with Crippen molar-refractivity contribution in [3.63, 3.8) is 0 Å². The first kappa shape index (κ1) is 19.6. The summed E-state index contributed by atoms with van der Waals surface area (Å²) < 4.78 is 28.3. The molecule has 1 aliphatic rings. The van der Waals surface area contributed by atoms with Gasteiger partial charge in [0.15, 0.2) is 0 Å². The average molecular weight is 349 g/mol. The van der Waals surface area contributed by atoms with Crippen molar-refractivity contribution in [3.8, 4) is 5.75 Å². The number of hydrogen-bond donors (Lipinski definition) is 2. The largest absolute Gasteiger partial charge is 0.435 e. The number of hydrogen-bond acceptors (Lipinski definition) is 3. The summed E-state index contributed by atoms with van der Waals surface area (Å²) in [6.45, 7) is 0.0192. The van der Waals surface area contributed by atoms with Crippen LogP contribution in [0.4, 0.5) is 8.78 Å². The number of ether oxygens (including phenoxy) is 1. The molecule has 1 atom stereocenters. The summed E-state index contributed by atoms with van der Waals surface area (Å²) in [6, 6.07) is 6.39. The van der Waals surface area contributed by atoms with Crippen molar-refractivity contribution in [2.45, 2.75) is 32.3 Å². The lowest BCUT2D eigenvalue weighted by Gasteiger charge is -2.09. The number of carbonyl (C=O) groups is 1. The summed E-state index contributed by atoms with van der Waals surface area (Å²) in [4.78, 5) is 11.8. The van der Waals surface area contributed by atoms with Crippen molar-refractivity contribution in [2.24, 2.45) is 5.92 Å². The van der Waals surface area contributed by atoms with Crippen LogP contribution in [0.3, 0.4) is 0 Å². The van der Waals surface area contributed by atoms with Crippen molar-refractivity contribution in [1.29, 1.82) is 0 Å². The number of benzene rings is 1. The lowest BCUT2D eigenvalue weighted by Crippen LogP contribution is -2.26. The second-order valence-electron chi connectivity index (χ2n) is 5.52. The van der Waals surface area contributed by atoms with Crippen LogP contribution in [-0.2, 0) is 11.2 Å². The Morgan fingerprint density at radius 1 is 1.35 bits per heavy atom. The fraction of sp³-hybridized carbons (Fsp3) is 0.562. The van der Waals surface area contributed by atoms with Gasteiger partial charge in [-0.2, -0.15) is 8.78 Å². The van der Waals surface area contributed by atoms with E-state index in [0.717, 1.165) is 25.1 Å². The average Bonchev–Trinajstić information content (AvgIpc) is 2.99. The van der Waals surface area contributed by atoms with E-state index < -0.39 is 6.61 Å². The third-order valence-electron chi connectivity index (χ3n) is 3.83. The maximum Gasteiger partial charge on any atom is 0.387 e. The fourth-order valence-electron chi connectivity index (χ4n) is 2.56. The predicted octanol–water partition coefficient (Wildman–Crippen LogP) is 2.76. The second-order valence-corrected chi connectivity index (χ2v) is 5.52. The SMILES string of the molecule is Cl.O=C(CCc1ccc(OC(F)F)cc1)NCCC1CCNC1. The number of amides is 1. The van der Waals surface area contributed by atoms with Crippen LogP contribution in [0.5, 0.6) is 5.75 Å². The Hall–Kier alpha value is -1.40. The van der Waals surface area contributed by atoms with Crippen molar-refractivity contribution < 1.29 is 18.3 Å². The van der Waals surface area contributed by atoms with Gasteiger partial charge in [-0.25, -0.2) is 0 Å². The number of carbonyl (C=O) groups excluding carboxylic acids is 1. The Balaban J connectivity index is 0.00000264. The molecule has 23 heavy (non-hydrogen) atoms. The van der Waals surface area contributed by atoms with Crippen LogP contribution in [0.1, 0.15) is 24.8 Å². The molecule has 1 amide bonds. The van der Waals surface area contributed by atoms with E-state index in [4.69, 9.17) is 0 Å². The minimum atomic E-state index is -2.81. The lowest BCUT2D eigenvalue weighted by molar-refractivity contribution is -0.121. The summed E-state index contributed by atoms with van der Waals surface area (Å²) in [6.07, 6.45) is 3.19. The minimum Gasteiger partial charge on any atom is -0.435 e. The second kappa shape index (κ2) is 10.4. The Labute approximate surface area is 141 Å². The molecule has 0 radical (unpaired) electrons. The van der Waals surface area contributed by atoms with Gasteiger partial charge in [0.1, 0.15) is 5.75 Å². The van der Waals surface area contributed by atoms with Crippen molar-refractivity contribution in [1.82, 2.24) is 10.6 Å². The van der Waals surface area contributed by atoms with Crippen molar-refractivity contribution in [2.75, 3.05) is 19.6 Å². The monoisotopic (exact) mass is 348 g/mol. The van der Waals surface area contributed by atoms with Gasteiger partial charge in [0.05, 0.1) is 0 Å². The molecule has 0 aromatic heterocycles.